The Bertz CT molecular complexity index is 519. The molecule has 0 aromatic heterocycles. The van der Waals surface area contributed by atoms with Crippen molar-refractivity contribution in [1.29, 1.82) is 0 Å². The molecule has 1 amide bonds. The number of hydrogen-bond acceptors (Lipinski definition) is 2. The fraction of sp³-hybridized carbons (Fsp3) is 0.588. The van der Waals surface area contributed by atoms with Gasteiger partial charge in [-0.05, 0) is 49.4 Å². The number of fused-ring (bicyclic) bond motifs is 3. The average molecular weight is 290 g/mol. The zero-order valence-corrected chi connectivity index (χ0v) is 12.5. The maximum absolute atomic E-state index is 13.1. The highest BCUT2D eigenvalue weighted by Gasteiger charge is 2.38. The van der Waals surface area contributed by atoms with Crippen LogP contribution in [0.1, 0.15) is 36.5 Å². The quantitative estimate of drug-likeness (QED) is 0.924. The van der Waals surface area contributed by atoms with Crippen molar-refractivity contribution < 1.29 is 9.18 Å². The van der Waals surface area contributed by atoms with Crippen LogP contribution in [0.15, 0.2) is 24.3 Å². The molecule has 1 aromatic rings. The summed E-state index contributed by atoms with van der Waals surface area (Å²) in [6.07, 6.45) is 3.73. The van der Waals surface area contributed by atoms with Gasteiger partial charge in [0.05, 0.1) is 0 Å². The topological polar surface area (TPSA) is 32.3 Å². The molecule has 4 atom stereocenters. The highest BCUT2D eigenvalue weighted by atomic mass is 19.1. The standard InChI is InChI=1S/C17H23FN2O/c1-2-12-11-20-7-6-13(12)9-16(20)10-19-17(21)14-4-3-5-15(18)8-14/h3-5,8,12-13,16H,2,6-7,9-11H2,1H3,(H,19,21)/t12-,13-,16+/m0/s1. The van der Waals surface area contributed by atoms with Crippen LogP contribution in [-0.4, -0.2) is 36.5 Å². The fourth-order valence-corrected chi connectivity index (χ4v) is 3.87. The normalized spacial score (nSPS) is 31.1. The number of carbonyl (C=O) groups is 1. The summed E-state index contributed by atoms with van der Waals surface area (Å²) in [5, 5.41) is 2.97. The molecule has 3 saturated heterocycles. The van der Waals surface area contributed by atoms with E-state index in [1.54, 1.807) is 12.1 Å². The van der Waals surface area contributed by atoms with Gasteiger partial charge in [0.15, 0.2) is 0 Å². The summed E-state index contributed by atoms with van der Waals surface area (Å²) in [6, 6.07) is 6.31. The molecule has 114 valence electrons. The molecule has 2 bridgehead atoms. The Kier molecular flexibility index (Phi) is 4.24. The lowest BCUT2D eigenvalue weighted by Crippen LogP contribution is -2.56. The lowest BCUT2D eigenvalue weighted by molar-refractivity contribution is 0.000725. The van der Waals surface area contributed by atoms with Gasteiger partial charge in [0.25, 0.3) is 5.91 Å². The van der Waals surface area contributed by atoms with E-state index in [2.05, 4.69) is 17.1 Å². The third-order valence-corrected chi connectivity index (χ3v) is 5.12. The van der Waals surface area contributed by atoms with E-state index in [-0.39, 0.29) is 11.7 Å². The summed E-state index contributed by atoms with van der Waals surface area (Å²) in [5.74, 6) is 1.10. The number of amides is 1. The SMILES string of the molecule is CC[C@H]1CN2CC[C@H]1C[C@@H]2CNC(=O)c1cccc(F)c1. The lowest BCUT2D eigenvalue weighted by Gasteiger charge is -2.50. The zero-order valence-electron chi connectivity index (χ0n) is 12.5. The van der Waals surface area contributed by atoms with Gasteiger partial charge in [0.1, 0.15) is 5.82 Å². The molecule has 3 aliphatic rings. The molecule has 4 heteroatoms. The van der Waals surface area contributed by atoms with E-state index >= 15 is 0 Å². The second kappa shape index (κ2) is 6.14. The van der Waals surface area contributed by atoms with E-state index in [4.69, 9.17) is 0 Å². The van der Waals surface area contributed by atoms with Gasteiger partial charge in [0.2, 0.25) is 0 Å². The lowest BCUT2D eigenvalue weighted by atomic mass is 9.74. The molecule has 3 fully saturated rings. The highest BCUT2D eigenvalue weighted by Crippen LogP contribution is 2.37. The van der Waals surface area contributed by atoms with E-state index in [0.29, 0.717) is 18.2 Å². The number of carbonyl (C=O) groups excluding carboxylic acids is 1. The van der Waals surface area contributed by atoms with Crippen LogP contribution in [0.2, 0.25) is 0 Å². The maximum atomic E-state index is 13.1. The van der Waals surface area contributed by atoms with Crippen molar-refractivity contribution in [3.05, 3.63) is 35.6 Å². The monoisotopic (exact) mass is 290 g/mol. The Hall–Kier alpha value is -1.42. The van der Waals surface area contributed by atoms with Gasteiger partial charge in [0, 0.05) is 24.7 Å². The van der Waals surface area contributed by atoms with Crippen molar-refractivity contribution in [2.24, 2.45) is 11.8 Å². The number of rotatable bonds is 4. The highest BCUT2D eigenvalue weighted by molar-refractivity contribution is 5.94. The van der Waals surface area contributed by atoms with E-state index in [1.165, 1.54) is 37.9 Å². The van der Waals surface area contributed by atoms with E-state index in [9.17, 15) is 9.18 Å². The largest absolute Gasteiger partial charge is 0.350 e. The number of nitrogens with zero attached hydrogens (tertiary/aromatic N) is 1. The molecule has 1 unspecified atom stereocenters. The van der Waals surface area contributed by atoms with Gasteiger partial charge >= 0.3 is 0 Å². The molecule has 0 aliphatic carbocycles. The molecular formula is C17H23FN2O. The van der Waals surface area contributed by atoms with Gasteiger partial charge in [-0.25, -0.2) is 4.39 Å². The van der Waals surface area contributed by atoms with E-state index in [1.807, 2.05) is 0 Å². The number of hydrogen-bond donors (Lipinski definition) is 1. The number of halogens is 1. The predicted molar refractivity (Wildman–Crippen MR) is 80.6 cm³/mol. The first-order valence-electron chi connectivity index (χ1n) is 7.95. The molecule has 3 nitrogen and oxygen atoms in total. The van der Waals surface area contributed by atoms with E-state index in [0.717, 1.165) is 18.4 Å². The van der Waals surface area contributed by atoms with Gasteiger partial charge in [-0.15, -0.1) is 0 Å². The molecule has 4 rings (SSSR count). The summed E-state index contributed by atoms with van der Waals surface area (Å²) < 4.78 is 13.1. The molecule has 21 heavy (non-hydrogen) atoms. The molecular weight excluding hydrogens is 267 g/mol. The van der Waals surface area contributed by atoms with Crippen molar-refractivity contribution in [3.8, 4) is 0 Å². The van der Waals surface area contributed by atoms with Gasteiger partial charge in [-0.3, -0.25) is 9.69 Å². The summed E-state index contributed by atoms with van der Waals surface area (Å²) in [7, 11) is 0. The molecule has 1 aromatic carbocycles. The summed E-state index contributed by atoms with van der Waals surface area (Å²) >= 11 is 0. The summed E-state index contributed by atoms with van der Waals surface area (Å²) in [6.45, 7) is 5.26. The minimum atomic E-state index is -0.367. The summed E-state index contributed by atoms with van der Waals surface area (Å²) in [4.78, 5) is 14.6. The predicted octanol–water partition coefficient (Wildman–Crippen LogP) is 2.68. The zero-order chi connectivity index (χ0) is 14.8. The van der Waals surface area contributed by atoms with Crippen LogP contribution in [0.25, 0.3) is 0 Å². The molecule has 3 aliphatic heterocycles. The first-order valence-corrected chi connectivity index (χ1v) is 7.95. The second-order valence-electron chi connectivity index (χ2n) is 6.32. The molecule has 0 saturated carbocycles. The van der Waals surface area contributed by atoms with Crippen molar-refractivity contribution in [3.63, 3.8) is 0 Å². The van der Waals surface area contributed by atoms with Crippen molar-refractivity contribution in [2.75, 3.05) is 19.6 Å². The maximum Gasteiger partial charge on any atom is 0.251 e. The van der Waals surface area contributed by atoms with Gasteiger partial charge < -0.3 is 5.32 Å². The Morgan fingerprint density at radius 3 is 3.00 bits per heavy atom. The average Bonchev–Trinajstić information content (AvgIpc) is 2.53. The molecule has 0 spiro atoms. The Balaban J connectivity index is 1.55. The Labute approximate surface area is 125 Å². The van der Waals surface area contributed by atoms with Crippen LogP contribution in [-0.2, 0) is 0 Å². The smallest absolute Gasteiger partial charge is 0.251 e. The first kappa shape index (κ1) is 14.5. The van der Waals surface area contributed by atoms with Gasteiger partial charge in [-0.2, -0.15) is 0 Å². The molecule has 1 N–H and O–H groups in total. The number of benzene rings is 1. The third-order valence-electron chi connectivity index (χ3n) is 5.12. The number of nitrogens with one attached hydrogen (secondary N) is 1. The van der Waals surface area contributed by atoms with Crippen LogP contribution in [0.5, 0.6) is 0 Å². The van der Waals surface area contributed by atoms with Crippen molar-refractivity contribution in [2.45, 2.75) is 32.2 Å². The van der Waals surface area contributed by atoms with Crippen molar-refractivity contribution in [1.82, 2.24) is 10.2 Å². The minimum absolute atomic E-state index is 0.177. The minimum Gasteiger partial charge on any atom is -0.350 e. The van der Waals surface area contributed by atoms with Crippen LogP contribution in [0.3, 0.4) is 0 Å². The van der Waals surface area contributed by atoms with Crippen LogP contribution in [0.4, 0.5) is 4.39 Å². The van der Waals surface area contributed by atoms with Crippen LogP contribution >= 0.6 is 0 Å². The van der Waals surface area contributed by atoms with E-state index < -0.39 is 0 Å². The Morgan fingerprint density at radius 1 is 1.48 bits per heavy atom. The second-order valence-corrected chi connectivity index (χ2v) is 6.32. The summed E-state index contributed by atoms with van der Waals surface area (Å²) in [5.41, 5.74) is 0.400. The first-order chi connectivity index (χ1) is 10.2. The fourth-order valence-electron chi connectivity index (χ4n) is 3.87. The van der Waals surface area contributed by atoms with Crippen molar-refractivity contribution >= 4 is 5.91 Å². The molecule has 0 radical (unpaired) electrons. The number of piperidine rings is 3. The van der Waals surface area contributed by atoms with Gasteiger partial charge in [-0.1, -0.05) is 19.4 Å². The third kappa shape index (κ3) is 3.10. The Morgan fingerprint density at radius 2 is 2.33 bits per heavy atom. The van der Waals surface area contributed by atoms with Crippen LogP contribution < -0.4 is 5.32 Å². The molecule has 3 heterocycles. The van der Waals surface area contributed by atoms with Crippen LogP contribution in [0, 0.1) is 17.7 Å².